The summed E-state index contributed by atoms with van der Waals surface area (Å²) in [4.78, 5) is 11.3. The lowest BCUT2D eigenvalue weighted by Gasteiger charge is -2.06. The van der Waals surface area contributed by atoms with Crippen LogP contribution in [0.2, 0.25) is 0 Å². The number of rotatable bonds is 4. The van der Waals surface area contributed by atoms with Crippen LogP contribution >= 0.6 is 0 Å². The average molecular weight is 285 g/mol. The molecule has 0 aliphatic heterocycles. The molecule has 3 aromatic rings. The zero-order valence-electron chi connectivity index (χ0n) is 10.8. The highest BCUT2D eigenvalue weighted by Crippen LogP contribution is 2.24. The van der Waals surface area contributed by atoms with Gasteiger partial charge in [0.15, 0.2) is 11.5 Å². The van der Waals surface area contributed by atoms with E-state index in [1.807, 2.05) is 0 Å². The van der Waals surface area contributed by atoms with E-state index in [9.17, 15) is 9.90 Å². The minimum absolute atomic E-state index is 0.126. The zero-order chi connectivity index (χ0) is 14.8. The summed E-state index contributed by atoms with van der Waals surface area (Å²) in [6, 6.07) is 8.49. The fraction of sp³-hybridized carbons (Fsp3) is 0.0769. The van der Waals surface area contributed by atoms with E-state index >= 15 is 0 Å². The highest BCUT2D eigenvalue weighted by atomic mass is 16.5. The van der Waals surface area contributed by atoms with Gasteiger partial charge in [0.2, 0.25) is 0 Å². The number of aromatic nitrogens is 4. The van der Waals surface area contributed by atoms with Gasteiger partial charge in [-0.1, -0.05) is 22.5 Å². The number of carboxylic acid groups (broad SMARTS) is 1. The van der Waals surface area contributed by atoms with Crippen LogP contribution in [0.4, 0.5) is 5.69 Å². The first kappa shape index (κ1) is 12.9. The summed E-state index contributed by atoms with van der Waals surface area (Å²) < 4.78 is 6.46. The number of aromatic carboxylic acids is 1. The van der Waals surface area contributed by atoms with E-state index < -0.39 is 5.97 Å². The van der Waals surface area contributed by atoms with E-state index in [2.05, 4.69) is 15.5 Å². The SMILES string of the molecule is Nc1ccc(-c2c(C(=O)O)nnn2Cc2ccno2)cc1. The molecule has 0 radical (unpaired) electrons. The second-order valence-corrected chi connectivity index (χ2v) is 4.35. The van der Waals surface area contributed by atoms with Gasteiger partial charge in [0, 0.05) is 17.3 Å². The van der Waals surface area contributed by atoms with Crippen LogP contribution in [0, 0.1) is 0 Å². The number of nitrogens with two attached hydrogens (primary N) is 1. The van der Waals surface area contributed by atoms with Gasteiger partial charge in [0.1, 0.15) is 12.2 Å². The summed E-state index contributed by atoms with van der Waals surface area (Å²) in [7, 11) is 0. The van der Waals surface area contributed by atoms with Crippen LogP contribution in [0.1, 0.15) is 16.2 Å². The first-order valence-corrected chi connectivity index (χ1v) is 6.07. The predicted octanol–water partition coefficient (Wildman–Crippen LogP) is 1.26. The monoisotopic (exact) mass is 285 g/mol. The summed E-state index contributed by atoms with van der Waals surface area (Å²) in [6.45, 7) is 0.236. The van der Waals surface area contributed by atoms with Crippen LogP contribution in [0.25, 0.3) is 11.3 Å². The van der Waals surface area contributed by atoms with E-state index in [1.54, 1.807) is 30.3 Å². The third-order valence-electron chi connectivity index (χ3n) is 2.92. The van der Waals surface area contributed by atoms with E-state index in [0.717, 1.165) is 0 Å². The lowest BCUT2D eigenvalue weighted by Crippen LogP contribution is -2.05. The van der Waals surface area contributed by atoms with Gasteiger partial charge in [-0.05, 0) is 12.1 Å². The quantitative estimate of drug-likeness (QED) is 0.692. The molecule has 0 aliphatic carbocycles. The molecule has 0 unspecified atom stereocenters. The summed E-state index contributed by atoms with van der Waals surface area (Å²) >= 11 is 0. The summed E-state index contributed by atoms with van der Waals surface area (Å²) in [5.41, 5.74) is 7.16. The summed E-state index contributed by atoms with van der Waals surface area (Å²) in [6.07, 6.45) is 1.51. The molecular formula is C13H11N5O3. The molecule has 0 bridgehead atoms. The Labute approximate surface area is 118 Å². The normalized spacial score (nSPS) is 10.7. The Kier molecular flexibility index (Phi) is 3.11. The fourth-order valence-electron chi connectivity index (χ4n) is 1.97. The molecule has 0 fully saturated rings. The molecule has 3 N–H and O–H groups in total. The van der Waals surface area contributed by atoms with E-state index in [4.69, 9.17) is 10.3 Å². The number of hydrogen-bond acceptors (Lipinski definition) is 6. The highest BCUT2D eigenvalue weighted by molar-refractivity contribution is 5.92. The molecule has 8 heteroatoms. The van der Waals surface area contributed by atoms with Crippen LogP contribution in [0.5, 0.6) is 0 Å². The van der Waals surface area contributed by atoms with Gasteiger partial charge in [-0.2, -0.15) is 0 Å². The molecule has 0 spiro atoms. The number of hydrogen-bond donors (Lipinski definition) is 2. The zero-order valence-corrected chi connectivity index (χ0v) is 10.8. The minimum Gasteiger partial charge on any atom is -0.476 e. The molecule has 2 heterocycles. The molecule has 0 atom stereocenters. The Morgan fingerprint density at radius 3 is 2.67 bits per heavy atom. The number of benzene rings is 1. The van der Waals surface area contributed by atoms with Crippen molar-refractivity contribution in [2.45, 2.75) is 6.54 Å². The van der Waals surface area contributed by atoms with Gasteiger partial charge >= 0.3 is 5.97 Å². The maximum atomic E-state index is 11.3. The molecule has 1 aromatic carbocycles. The molecular weight excluding hydrogens is 274 g/mol. The van der Waals surface area contributed by atoms with Crippen LogP contribution in [-0.4, -0.2) is 31.2 Å². The van der Waals surface area contributed by atoms with Crippen molar-refractivity contribution < 1.29 is 14.4 Å². The van der Waals surface area contributed by atoms with Gasteiger partial charge < -0.3 is 15.4 Å². The Morgan fingerprint density at radius 2 is 2.05 bits per heavy atom. The molecule has 0 aliphatic rings. The fourth-order valence-corrected chi connectivity index (χ4v) is 1.97. The van der Waals surface area contributed by atoms with Crippen molar-refractivity contribution >= 4 is 11.7 Å². The Morgan fingerprint density at radius 1 is 1.29 bits per heavy atom. The van der Waals surface area contributed by atoms with Crippen molar-refractivity contribution in [2.24, 2.45) is 0 Å². The first-order valence-electron chi connectivity index (χ1n) is 6.07. The van der Waals surface area contributed by atoms with Gasteiger partial charge in [0.25, 0.3) is 0 Å². The lowest BCUT2D eigenvalue weighted by atomic mass is 10.1. The Bertz CT molecular complexity index is 762. The van der Waals surface area contributed by atoms with E-state index in [-0.39, 0.29) is 12.2 Å². The van der Waals surface area contributed by atoms with Crippen LogP contribution < -0.4 is 5.73 Å². The second kappa shape index (κ2) is 5.08. The molecule has 0 saturated carbocycles. The van der Waals surface area contributed by atoms with Gasteiger partial charge in [-0.3, -0.25) is 0 Å². The van der Waals surface area contributed by atoms with Crippen LogP contribution in [0.3, 0.4) is 0 Å². The lowest BCUT2D eigenvalue weighted by molar-refractivity contribution is 0.0691. The molecule has 2 aromatic heterocycles. The van der Waals surface area contributed by atoms with Crippen molar-refractivity contribution in [3.8, 4) is 11.3 Å². The smallest absolute Gasteiger partial charge is 0.358 e. The number of nitrogens with zero attached hydrogens (tertiary/aromatic N) is 4. The standard InChI is InChI=1S/C13H11N5O3/c14-9-3-1-8(2-4-9)12-11(13(19)20)16-17-18(12)7-10-5-6-15-21-10/h1-6H,7,14H2,(H,19,20). The average Bonchev–Trinajstić information content (AvgIpc) is 3.10. The molecule has 0 amide bonds. The summed E-state index contributed by atoms with van der Waals surface area (Å²) in [5, 5.41) is 20.4. The second-order valence-electron chi connectivity index (χ2n) is 4.35. The largest absolute Gasteiger partial charge is 0.476 e. The third-order valence-corrected chi connectivity index (χ3v) is 2.92. The maximum Gasteiger partial charge on any atom is 0.358 e. The van der Waals surface area contributed by atoms with Crippen molar-refractivity contribution in [2.75, 3.05) is 5.73 Å². The number of carbonyl (C=O) groups is 1. The predicted molar refractivity (Wildman–Crippen MR) is 72.4 cm³/mol. The number of carboxylic acids is 1. The number of nitrogen functional groups attached to an aromatic ring is 1. The molecule has 21 heavy (non-hydrogen) atoms. The minimum atomic E-state index is -1.15. The van der Waals surface area contributed by atoms with Crippen LogP contribution in [-0.2, 0) is 6.54 Å². The van der Waals surface area contributed by atoms with E-state index in [0.29, 0.717) is 22.7 Å². The van der Waals surface area contributed by atoms with Crippen molar-refractivity contribution in [3.63, 3.8) is 0 Å². The number of anilines is 1. The Hall–Kier alpha value is -3.16. The molecule has 8 nitrogen and oxygen atoms in total. The van der Waals surface area contributed by atoms with Gasteiger partial charge in [-0.15, -0.1) is 5.10 Å². The topological polar surface area (TPSA) is 120 Å². The van der Waals surface area contributed by atoms with Crippen molar-refractivity contribution in [3.05, 3.63) is 48.0 Å². The third kappa shape index (κ3) is 2.46. The van der Waals surface area contributed by atoms with Crippen LogP contribution in [0.15, 0.2) is 41.1 Å². The van der Waals surface area contributed by atoms with Gasteiger partial charge in [0.05, 0.1) is 6.20 Å². The maximum absolute atomic E-state index is 11.3. The molecule has 3 rings (SSSR count). The highest BCUT2D eigenvalue weighted by Gasteiger charge is 2.21. The Balaban J connectivity index is 2.08. The van der Waals surface area contributed by atoms with Crippen molar-refractivity contribution in [1.82, 2.24) is 20.2 Å². The van der Waals surface area contributed by atoms with Gasteiger partial charge in [-0.25, -0.2) is 9.48 Å². The molecule has 106 valence electrons. The van der Waals surface area contributed by atoms with Crippen molar-refractivity contribution in [1.29, 1.82) is 0 Å². The first-order chi connectivity index (χ1) is 10.1. The molecule has 0 saturated heterocycles. The summed E-state index contributed by atoms with van der Waals surface area (Å²) in [5.74, 6) is -0.598. The van der Waals surface area contributed by atoms with E-state index in [1.165, 1.54) is 10.9 Å².